The molecule has 1 N–H and O–H groups in total. The third-order valence-corrected chi connectivity index (χ3v) is 4.14. The molecule has 0 spiro atoms. The van der Waals surface area contributed by atoms with Crippen molar-refractivity contribution >= 4 is 5.69 Å². The van der Waals surface area contributed by atoms with Crippen molar-refractivity contribution in [2.75, 3.05) is 37.7 Å². The second-order valence-corrected chi connectivity index (χ2v) is 6.61. The monoisotopic (exact) mass is 275 g/mol. The number of anilines is 1. The van der Waals surface area contributed by atoms with Gasteiger partial charge >= 0.3 is 0 Å². The van der Waals surface area contributed by atoms with E-state index in [4.69, 9.17) is 4.74 Å². The first-order chi connectivity index (χ1) is 9.70. The van der Waals surface area contributed by atoms with E-state index in [1.165, 1.54) is 12.1 Å². The smallest absolute Gasteiger partial charge is 0.139 e. The second kappa shape index (κ2) is 6.00. The summed E-state index contributed by atoms with van der Waals surface area (Å²) in [4.78, 5) is 6.83. The zero-order valence-electron chi connectivity index (χ0n) is 12.5. The van der Waals surface area contributed by atoms with E-state index >= 15 is 0 Å². The fourth-order valence-corrected chi connectivity index (χ4v) is 3.24. The predicted molar refractivity (Wildman–Crippen MR) is 81.2 cm³/mol. The molecule has 0 saturated carbocycles. The van der Waals surface area contributed by atoms with E-state index in [1.807, 2.05) is 12.4 Å². The average molecular weight is 275 g/mol. The van der Waals surface area contributed by atoms with Crippen LogP contribution in [0.15, 0.2) is 18.5 Å². The fraction of sp³-hybridized carbons (Fsp3) is 0.688. The van der Waals surface area contributed by atoms with Gasteiger partial charge in [-0.05, 0) is 37.3 Å². The number of rotatable bonds is 4. The molecule has 3 heterocycles. The van der Waals surface area contributed by atoms with Gasteiger partial charge in [0.05, 0.1) is 24.7 Å². The Kier molecular flexibility index (Phi) is 4.10. The lowest BCUT2D eigenvalue weighted by molar-refractivity contribution is 0.249. The summed E-state index contributed by atoms with van der Waals surface area (Å²) in [7, 11) is 0. The Hall–Kier alpha value is -1.29. The van der Waals surface area contributed by atoms with Gasteiger partial charge in [-0.3, -0.25) is 4.98 Å². The van der Waals surface area contributed by atoms with Gasteiger partial charge in [-0.2, -0.15) is 0 Å². The highest BCUT2D eigenvalue weighted by Crippen LogP contribution is 2.29. The lowest BCUT2D eigenvalue weighted by Gasteiger charge is -2.42. The van der Waals surface area contributed by atoms with Crippen LogP contribution in [0.25, 0.3) is 0 Å². The van der Waals surface area contributed by atoms with Gasteiger partial charge in [0.1, 0.15) is 5.75 Å². The van der Waals surface area contributed by atoms with Gasteiger partial charge in [-0.25, -0.2) is 0 Å². The predicted octanol–water partition coefficient (Wildman–Crippen LogP) is 2.16. The van der Waals surface area contributed by atoms with Gasteiger partial charge in [0, 0.05) is 19.2 Å². The molecule has 2 aliphatic rings. The minimum absolute atomic E-state index is 0.541. The van der Waals surface area contributed by atoms with Crippen molar-refractivity contribution in [1.82, 2.24) is 10.3 Å². The zero-order valence-corrected chi connectivity index (χ0v) is 12.5. The number of hydrogen-bond acceptors (Lipinski definition) is 4. The standard InChI is InChI=1S/C16H25N3O/c1-12(2)11-20-16-4-15(7-18-8-16)19-9-13-3-14(10-19)6-17-5-13/h4,7-8,12-14,17H,3,5-6,9-11H2,1-2H3. The number of aromatic nitrogens is 1. The summed E-state index contributed by atoms with van der Waals surface area (Å²) in [5.41, 5.74) is 1.21. The summed E-state index contributed by atoms with van der Waals surface area (Å²) < 4.78 is 5.79. The lowest BCUT2D eigenvalue weighted by Crippen LogP contribution is -2.51. The first kappa shape index (κ1) is 13.7. The molecule has 110 valence electrons. The molecule has 20 heavy (non-hydrogen) atoms. The maximum Gasteiger partial charge on any atom is 0.139 e. The molecule has 0 aromatic carbocycles. The molecule has 2 saturated heterocycles. The third kappa shape index (κ3) is 3.23. The topological polar surface area (TPSA) is 37.4 Å². The van der Waals surface area contributed by atoms with Crippen molar-refractivity contribution in [2.24, 2.45) is 17.8 Å². The largest absolute Gasteiger partial charge is 0.492 e. The van der Waals surface area contributed by atoms with E-state index in [9.17, 15) is 0 Å². The molecule has 1 aromatic rings. The molecule has 2 aliphatic heterocycles. The summed E-state index contributed by atoms with van der Waals surface area (Å²) in [5.74, 6) is 3.00. The zero-order chi connectivity index (χ0) is 13.9. The van der Waals surface area contributed by atoms with Gasteiger partial charge in [-0.15, -0.1) is 0 Å². The van der Waals surface area contributed by atoms with Crippen LogP contribution in [0.4, 0.5) is 5.69 Å². The number of nitrogens with one attached hydrogen (secondary N) is 1. The Morgan fingerprint density at radius 3 is 2.75 bits per heavy atom. The molecule has 2 bridgehead atoms. The number of pyridine rings is 1. The number of nitrogens with zero attached hydrogens (tertiary/aromatic N) is 2. The molecular formula is C16H25N3O. The van der Waals surface area contributed by atoms with Gasteiger partial charge in [0.25, 0.3) is 0 Å². The fourth-order valence-electron chi connectivity index (χ4n) is 3.24. The Bertz CT molecular complexity index is 437. The van der Waals surface area contributed by atoms with Crippen molar-refractivity contribution in [1.29, 1.82) is 0 Å². The summed E-state index contributed by atoms with van der Waals surface area (Å²) >= 11 is 0. The molecule has 4 heteroatoms. The molecule has 2 fully saturated rings. The van der Waals surface area contributed by atoms with Crippen LogP contribution in [0.3, 0.4) is 0 Å². The molecule has 3 rings (SSSR count). The van der Waals surface area contributed by atoms with E-state index in [0.29, 0.717) is 5.92 Å². The Balaban J connectivity index is 1.68. The van der Waals surface area contributed by atoms with Gasteiger partial charge in [0.2, 0.25) is 0 Å². The van der Waals surface area contributed by atoms with Crippen LogP contribution in [-0.2, 0) is 0 Å². The average Bonchev–Trinajstić information content (AvgIpc) is 2.45. The number of hydrogen-bond donors (Lipinski definition) is 1. The molecule has 0 aliphatic carbocycles. The van der Waals surface area contributed by atoms with Crippen molar-refractivity contribution in [3.63, 3.8) is 0 Å². The van der Waals surface area contributed by atoms with Crippen LogP contribution in [-0.4, -0.2) is 37.8 Å². The van der Waals surface area contributed by atoms with Gasteiger partial charge < -0.3 is 15.0 Å². The summed E-state index contributed by atoms with van der Waals surface area (Å²) in [5, 5.41) is 3.54. The van der Waals surface area contributed by atoms with Crippen LogP contribution in [0, 0.1) is 17.8 Å². The van der Waals surface area contributed by atoms with Crippen molar-refractivity contribution in [3.8, 4) is 5.75 Å². The Labute approximate surface area is 121 Å². The highest BCUT2D eigenvalue weighted by molar-refractivity contribution is 5.48. The summed E-state index contributed by atoms with van der Waals surface area (Å²) in [6.45, 7) is 9.66. The third-order valence-electron chi connectivity index (χ3n) is 4.14. The van der Waals surface area contributed by atoms with E-state index in [-0.39, 0.29) is 0 Å². The van der Waals surface area contributed by atoms with Crippen LogP contribution in [0.2, 0.25) is 0 Å². The number of piperidine rings is 2. The van der Waals surface area contributed by atoms with Crippen molar-refractivity contribution < 1.29 is 4.74 Å². The van der Waals surface area contributed by atoms with Crippen LogP contribution in [0.5, 0.6) is 5.75 Å². The highest BCUT2D eigenvalue weighted by Gasteiger charge is 2.30. The van der Waals surface area contributed by atoms with E-state index in [0.717, 1.165) is 50.4 Å². The molecule has 2 atom stereocenters. The minimum Gasteiger partial charge on any atom is -0.492 e. The lowest BCUT2D eigenvalue weighted by atomic mass is 9.85. The first-order valence-electron chi connectivity index (χ1n) is 7.74. The van der Waals surface area contributed by atoms with E-state index < -0.39 is 0 Å². The maximum atomic E-state index is 5.79. The minimum atomic E-state index is 0.541. The van der Waals surface area contributed by atoms with Crippen LogP contribution >= 0.6 is 0 Å². The molecule has 1 aromatic heterocycles. The van der Waals surface area contributed by atoms with Crippen molar-refractivity contribution in [2.45, 2.75) is 20.3 Å². The first-order valence-corrected chi connectivity index (χ1v) is 7.74. The number of fused-ring (bicyclic) bond motifs is 2. The summed E-state index contributed by atoms with van der Waals surface area (Å²) in [6, 6.07) is 2.14. The molecule has 2 unspecified atom stereocenters. The number of ether oxygens (including phenoxy) is 1. The quantitative estimate of drug-likeness (QED) is 0.914. The van der Waals surface area contributed by atoms with Crippen LogP contribution in [0.1, 0.15) is 20.3 Å². The van der Waals surface area contributed by atoms with E-state index in [2.05, 4.69) is 35.1 Å². The molecule has 0 radical (unpaired) electrons. The Morgan fingerprint density at radius 1 is 1.30 bits per heavy atom. The van der Waals surface area contributed by atoms with Gasteiger partial charge in [0.15, 0.2) is 0 Å². The second-order valence-electron chi connectivity index (χ2n) is 6.61. The van der Waals surface area contributed by atoms with Gasteiger partial charge in [-0.1, -0.05) is 13.8 Å². The highest BCUT2D eigenvalue weighted by atomic mass is 16.5. The van der Waals surface area contributed by atoms with Crippen molar-refractivity contribution in [3.05, 3.63) is 18.5 Å². The maximum absolute atomic E-state index is 5.79. The van der Waals surface area contributed by atoms with Crippen LogP contribution < -0.4 is 15.0 Å². The summed E-state index contributed by atoms with van der Waals surface area (Å²) in [6.07, 6.45) is 5.16. The SMILES string of the molecule is CC(C)COc1cncc(N2CC3CNCC(C3)C2)c1. The molecule has 4 nitrogen and oxygen atoms in total. The van der Waals surface area contributed by atoms with E-state index in [1.54, 1.807) is 0 Å². The Morgan fingerprint density at radius 2 is 2.05 bits per heavy atom. The molecular weight excluding hydrogens is 250 g/mol. The molecule has 0 amide bonds. The normalized spacial score (nSPS) is 25.9.